The normalized spacial score (nSPS) is 13.3. The molecule has 0 aliphatic rings. The zero-order valence-corrected chi connectivity index (χ0v) is 7.05. The molecule has 0 aromatic rings. The van der Waals surface area contributed by atoms with Gasteiger partial charge in [-0.15, -0.1) is 0 Å². The molecular formula is C8H17NO. The summed E-state index contributed by atoms with van der Waals surface area (Å²) in [6, 6.07) is -0.00926. The molecule has 1 atom stereocenters. The third-order valence-electron chi connectivity index (χ3n) is 1.40. The fraction of sp³-hybridized carbons (Fsp3) is 0.750. The Bertz CT molecular complexity index is 110. The summed E-state index contributed by atoms with van der Waals surface area (Å²) in [5.74, 6) is 1.27. The van der Waals surface area contributed by atoms with Crippen LogP contribution in [-0.2, 0) is 4.74 Å². The smallest absolute Gasteiger partial charge is 0.105 e. The van der Waals surface area contributed by atoms with Crippen molar-refractivity contribution in [3.63, 3.8) is 0 Å². The van der Waals surface area contributed by atoms with E-state index in [-0.39, 0.29) is 6.04 Å². The zero-order valence-electron chi connectivity index (χ0n) is 7.05. The molecule has 0 aromatic carbocycles. The van der Waals surface area contributed by atoms with Crippen LogP contribution in [0, 0.1) is 5.92 Å². The Morgan fingerprint density at radius 2 is 2.10 bits per heavy atom. The molecule has 2 heteroatoms. The molecule has 1 unspecified atom stereocenters. The van der Waals surface area contributed by atoms with E-state index in [1.807, 2.05) is 0 Å². The Morgan fingerprint density at radius 1 is 1.60 bits per heavy atom. The molecule has 0 spiro atoms. The first-order valence-corrected chi connectivity index (χ1v) is 3.56. The first kappa shape index (κ1) is 9.50. The van der Waals surface area contributed by atoms with Gasteiger partial charge in [-0.1, -0.05) is 20.4 Å². The molecule has 2 nitrogen and oxygen atoms in total. The number of nitrogens with two attached hydrogens (primary N) is 1. The molecule has 0 aromatic heterocycles. The highest BCUT2D eigenvalue weighted by Gasteiger charge is 2.08. The molecule has 0 heterocycles. The lowest BCUT2D eigenvalue weighted by molar-refractivity contribution is 0.256. The summed E-state index contributed by atoms with van der Waals surface area (Å²) in [6.45, 7) is 7.93. The molecule has 0 amide bonds. The van der Waals surface area contributed by atoms with Crippen molar-refractivity contribution in [3.05, 3.63) is 12.3 Å². The van der Waals surface area contributed by atoms with Gasteiger partial charge >= 0.3 is 0 Å². The van der Waals surface area contributed by atoms with Gasteiger partial charge in [0.2, 0.25) is 0 Å². The summed E-state index contributed by atoms with van der Waals surface area (Å²) in [7, 11) is 1.60. The van der Waals surface area contributed by atoms with Crippen molar-refractivity contribution in [1.82, 2.24) is 0 Å². The average molecular weight is 143 g/mol. The minimum absolute atomic E-state index is 0.00926. The molecule has 2 N–H and O–H groups in total. The Morgan fingerprint density at radius 3 is 2.40 bits per heavy atom. The van der Waals surface area contributed by atoms with Gasteiger partial charge in [0.15, 0.2) is 0 Å². The zero-order chi connectivity index (χ0) is 8.15. The summed E-state index contributed by atoms with van der Waals surface area (Å²) in [4.78, 5) is 0. The summed E-state index contributed by atoms with van der Waals surface area (Å²) in [5, 5.41) is 0. The maximum absolute atomic E-state index is 5.70. The van der Waals surface area contributed by atoms with Gasteiger partial charge in [-0.25, -0.2) is 0 Å². The van der Waals surface area contributed by atoms with Crippen molar-refractivity contribution in [2.45, 2.75) is 26.3 Å². The second-order valence-electron chi connectivity index (χ2n) is 2.91. The highest BCUT2D eigenvalue weighted by Crippen LogP contribution is 2.08. The van der Waals surface area contributed by atoms with Crippen LogP contribution in [0.2, 0.25) is 0 Å². The predicted molar refractivity (Wildman–Crippen MR) is 43.6 cm³/mol. The Hall–Kier alpha value is -0.500. The molecule has 0 saturated carbocycles. The largest absolute Gasteiger partial charge is 0.500 e. The lowest BCUT2D eigenvalue weighted by atomic mass is 10.0. The lowest BCUT2D eigenvalue weighted by Crippen LogP contribution is -2.24. The van der Waals surface area contributed by atoms with Crippen molar-refractivity contribution in [1.29, 1.82) is 0 Å². The molecule has 0 aliphatic heterocycles. The number of hydrogen-bond acceptors (Lipinski definition) is 2. The van der Waals surface area contributed by atoms with Gasteiger partial charge in [-0.3, -0.25) is 0 Å². The minimum atomic E-state index is -0.00926. The average Bonchev–Trinajstić information content (AvgIpc) is 1.85. The monoisotopic (exact) mass is 143 g/mol. The van der Waals surface area contributed by atoms with Crippen LogP contribution in [0.1, 0.15) is 20.3 Å². The summed E-state index contributed by atoms with van der Waals surface area (Å²) < 4.78 is 4.89. The molecule has 0 saturated heterocycles. The van der Waals surface area contributed by atoms with E-state index >= 15 is 0 Å². The Kier molecular flexibility index (Phi) is 4.12. The van der Waals surface area contributed by atoms with Crippen molar-refractivity contribution >= 4 is 0 Å². The van der Waals surface area contributed by atoms with Crippen LogP contribution >= 0.6 is 0 Å². The Balaban J connectivity index is 3.61. The van der Waals surface area contributed by atoms with E-state index in [1.54, 1.807) is 7.11 Å². The van der Waals surface area contributed by atoms with E-state index in [4.69, 9.17) is 10.5 Å². The highest BCUT2D eigenvalue weighted by molar-refractivity contribution is 4.94. The van der Waals surface area contributed by atoms with Crippen LogP contribution in [0.3, 0.4) is 0 Å². The van der Waals surface area contributed by atoms with E-state index in [2.05, 4.69) is 20.4 Å². The topological polar surface area (TPSA) is 35.2 Å². The minimum Gasteiger partial charge on any atom is -0.500 e. The molecule has 0 fully saturated rings. The van der Waals surface area contributed by atoms with Gasteiger partial charge in [-0.2, -0.15) is 0 Å². The number of rotatable bonds is 4. The van der Waals surface area contributed by atoms with Crippen LogP contribution in [0.5, 0.6) is 0 Å². The third-order valence-corrected chi connectivity index (χ3v) is 1.40. The fourth-order valence-corrected chi connectivity index (χ4v) is 0.791. The summed E-state index contributed by atoms with van der Waals surface area (Å²) >= 11 is 0. The van der Waals surface area contributed by atoms with Crippen molar-refractivity contribution in [2.75, 3.05) is 7.11 Å². The van der Waals surface area contributed by atoms with Crippen LogP contribution < -0.4 is 5.73 Å². The van der Waals surface area contributed by atoms with Gasteiger partial charge in [0, 0.05) is 0 Å². The van der Waals surface area contributed by atoms with E-state index in [0.717, 1.165) is 6.42 Å². The molecule has 60 valence electrons. The van der Waals surface area contributed by atoms with Gasteiger partial charge in [0.1, 0.15) is 5.76 Å². The number of methoxy groups -OCH3 is 1. The summed E-state index contributed by atoms with van der Waals surface area (Å²) in [5.41, 5.74) is 5.70. The van der Waals surface area contributed by atoms with Crippen LogP contribution in [0.15, 0.2) is 12.3 Å². The van der Waals surface area contributed by atoms with Crippen LogP contribution in [0.25, 0.3) is 0 Å². The molecule has 0 bridgehead atoms. The number of ether oxygens (including phenoxy) is 1. The lowest BCUT2D eigenvalue weighted by Gasteiger charge is -2.14. The quantitative estimate of drug-likeness (QED) is 0.605. The predicted octanol–water partition coefficient (Wildman–Crippen LogP) is 1.52. The van der Waals surface area contributed by atoms with E-state index in [9.17, 15) is 0 Å². The summed E-state index contributed by atoms with van der Waals surface area (Å²) in [6.07, 6.45) is 0.937. The standard InChI is InChI=1S/C8H17NO/c1-6(2)5-8(9)7(3)10-4/h6,8H,3,5,9H2,1-2,4H3. The molecular weight excluding hydrogens is 126 g/mol. The Labute approximate surface area is 63.1 Å². The molecule has 0 aliphatic carbocycles. The van der Waals surface area contributed by atoms with E-state index < -0.39 is 0 Å². The van der Waals surface area contributed by atoms with Crippen LogP contribution in [0.4, 0.5) is 0 Å². The first-order chi connectivity index (χ1) is 4.57. The first-order valence-electron chi connectivity index (χ1n) is 3.56. The maximum Gasteiger partial charge on any atom is 0.105 e. The highest BCUT2D eigenvalue weighted by atomic mass is 16.5. The maximum atomic E-state index is 5.70. The second kappa shape index (κ2) is 4.34. The molecule has 0 radical (unpaired) electrons. The van der Waals surface area contributed by atoms with Crippen molar-refractivity contribution in [3.8, 4) is 0 Å². The van der Waals surface area contributed by atoms with Crippen molar-refractivity contribution < 1.29 is 4.74 Å². The van der Waals surface area contributed by atoms with Gasteiger partial charge in [0.05, 0.1) is 13.2 Å². The molecule has 0 rings (SSSR count). The fourth-order valence-electron chi connectivity index (χ4n) is 0.791. The SMILES string of the molecule is C=C(OC)C(N)CC(C)C. The molecule has 10 heavy (non-hydrogen) atoms. The van der Waals surface area contributed by atoms with Crippen LogP contribution in [-0.4, -0.2) is 13.2 Å². The van der Waals surface area contributed by atoms with Crippen molar-refractivity contribution in [2.24, 2.45) is 11.7 Å². The van der Waals surface area contributed by atoms with Gasteiger partial charge < -0.3 is 10.5 Å². The van der Waals surface area contributed by atoms with Gasteiger partial charge in [0.25, 0.3) is 0 Å². The second-order valence-corrected chi connectivity index (χ2v) is 2.91. The van der Waals surface area contributed by atoms with E-state index in [0.29, 0.717) is 11.7 Å². The third kappa shape index (κ3) is 3.51. The van der Waals surface area contributed by atoms with E-state index in [1.165, 1.54) is 0 Å². The number of hydrogen-bond donors (Lipinski definition) is 1. The van der Waals surface area contributed by atoms with Gasteiger partial charge in [-0.05, 0) is 12.3 Å².